The van der Waals surface area contributed by atoms with E-state index < -0.39 is 0 Å². The minimum Gasteiger partial charge on any atom is -0.155 e. The van der Waals surface area contributed by atoms with Crippen molar-refractivity contribution in [1.29, 1.82) is 0 Å². The summed E-state index contributed by atoms with van der Waals surface area (Å²) in [6.45, 7) is 4.16. The van der Waals surface area contributed by atoms with Crippen molar-refractivity contribution < 1.29 is 0 Å². The van der Waals surface area contributed by atoms with Gasteiger partial charge in [-0.2, -0.15) is 10.2 Å². The fourth-order valence-electron chi connectivity index (χ4n) is 1.43. The van der Waals surface area contributed by atoms with Crippen molar-refractivity contribution in [3.8, 4) is 11.3 Å². The summed E-state index contributed by atoms with van der Waals surface area (Å²) in [5.41, 5.74) is 4.35. The van der Waals surface area contributed by atoms with Crippen molar-refractivity contribution in [3.63, 3.8) is 0 Å². The number of rotatable bonds is 2. The fraction of sp³-hybridized carbons (Fsp3) is 0.231. The van der Waals surface area contributed by atoms with Gasteiger partial charge in [-0.15, -0.1) is 0 Å². The topological polar surface area (TPSA) is 25.8 Å². The lowest BCUT2D eigenvalue weighted by Crippen LogP contribution is -1.92. The Morgan fingerprint density at radius 1 is 0.933 bits per heavy atom. The predicted octanol–water partition coefficient (Wildman–Crippen LogP) is 3.01. The Kier molecular flexibility index (Phi) is 2.77. The molecule has 0 unspecified atom stereocenters. The molecule has 2 heteroatoms. The molecule has 2 aromatic rings. The SMILES string of the molecule is CCc1ccc(-c2ccc(C)cc2)nn1. The molecule has 0 saturated heterocycles. The number of hydrogen-bond donors (Lipinski definition) is 0. The minimum atomic E-state index is 0.932. The van der Waals surface area contributed by atoms with Gasteiger partial charge in [-0.1, -0.05) is 36.8 Å². The molecule has 1 aromatic carbocycles. The highest BCUT2D eigenvalue weighted by Gasteiger charge is 1.99. The Morgan fingerprint density at radius 3 is 2.20 bits per heavy atom. The van der Waals surface area contributed by atoms with Gasteiger partial charge in [0, 0.05) is 5.56 Å². The van der Waals surface area contributed by atoms with Crippen molar-refractivity contribution in [2.24, 2.45) is 0 Å². The van der Waals surface area contributed by atoms with Crippen molar-refractivity contribution in [2.45, 2.75) is 20.3 Å². The van der Waals surface area contributed by atoms with Crippen LogP contribution in [0.1, 0.15) is 18.2 Å². The Balaban J connectivity index is 2.33. The third-order valence-corrected chi connectivity index (χ3v) is 2.43. The van der Waals surface area contributed by atoms with Gasteiger partial charge < -0.3 is 0 Å². The van der Waals surface area contributed by atoms with Crippen molar-refractivity contribution in [2.75, 3.05) is 0 Å². The zero-order valence-electron chi connectivity index (χ0n) is 9.07. The summed E-state index contributed by atoms with van der Waals surface area (Å²) in [6, 6.07) is 12.4. The first-order valence-electron chi connectivity index (χ1n) is 5.19. The zero-order chi connectivity index (χ0) is 10.7. The molecule has 0 aliphatic heterocycles. The molecular formula is C13H14N2. The Morgan fingerprint density at radius 2 is 1.67 bits per heavy atom. The smallest absolute Gasteiger partial charge is 0.0929 e. The molecule has 76 valence electrons. The van der Waals surface area contributed by atoms with Gasteiger partial charge in [0.25, 0.3) is 0 Å². The zero-order valence-corrected chi connectivity index (χ0v) is 9.07. The van der Waals surface area contributed by atoms with E-state index in [1.54, 1.807) is 0 Å². The van der Waals surface area contributed by atoms with E-state index in [9.17, 15) is 0 Å². The average Bonchev–Trinajstić information content (AvgIpc) is 2.30. The number of benzene rings is 1. The first kappa shape index (κ1) is 9.84. The van der Waals surface area contributed by atoms with Gasteiger partial charge in [-0.25, -0.2) is 0 Å². The summed E-state index contributed by atoms with van der Waals surface area (Å²) in [6.07, 6.45) is 0.932. The van der Waals surface area contributed by atoms with E-state index >= 15 is 0 Å². The van der Waals surface area contributed by atoms with Crippen LogP contribution in [0.5, 0.6) is 0 Å². The normalized spacial score (nSPS) is 10.3. The standard InChI is InChI=1S/C13H14N2/c1-3-12-8-9-13(15-14-12)11-6-4-10(2)5-7-11/h4-9H,3H2,1-2H3. The van der Waals surface area contributed by atoms with Crippen LogP contribution < -0.4 is 0 Å². The molecule has 0 radical (unpaired) electrons. The molecule has 2 rings (SSSR count). The molecule has 0 N–H and O–H groups in total. The largest absolute Gasteiger partial charge is 0.155 e. The van der Waals surface area contributed by atoms with Gasteiger partial charge in [-0.3, -0.25) is 0 Å². The molecule has 0 amide bonds. The van der Waals surface area contributed by atoms with Crippen LogP contribution in [-0.4, -0.2) is 10.2 Å². The third kappa shape index (κ3) is 2.21. The monoisotopic (exact) mass is 198 g/mol. The van der Waals surface area contributed by atoms with Crippen LogP contribution in [0.4, 0.5) is 0 Å². The maximum atomic E-state index is 4.20. The van der Waals surface area contributed by atoms with Crippen LogP contribution in [0, 0.1) is 6.92 Å². The van der Waals surface area contributed by atoms with Gasteiger partial charge in [0.1, 0.15) is 0 Å². The maximum absolute atomic E-state index is 4.20. The van der Waals surface area contributed by atoms with Gasteiger partial charge in [0.2, 0.25) is 0 Å². The molecule has 0 spiro atoms. The summed E-state index contributed by atoms with van der Waals surface area (Å²) in [5, 5.41) is 8.35. The minimum absolute atomic E-state index is 0.932. The number of hydrogen-bond acceptors (Lipinski definition) is 2. The molecule has 0 fully saturated rings. The summed E-state index contributed by atoms with van der Waals surface area (Å²) < 4.78 is 0. The molecule has 1 aromatic heterocycles. The molecule has 15 heavy (non-hydrogen) atoms. The van der Waals surface area contributed by atoms with Crippen LogP contribution in [0.25, 0.3) is 11.3 Å². The van der Waals surface area contributed by atoms with Crippen molar-refractivity contribution in [3.05, 3.63) is 47.7 Å². The Labute approximate surface area is 90.0 Å². The van der Waals surface area contributed by atoms with Crippen LogP contribution in [-0.2, 0) is 6.42 Å². The summed E-state index contributed by atoms with van der Waals surface area (Å²) in [5.74, 6) is 0. The first-order chi connectivity index (χ1) is 7.29. The highest BCUT2D eigenvalue weighted by Crippen LogP contribution is 2.16. The van der Waals surface area contributed by atoms with Crippen molar-refractivity contribution >= 4 is 0 Å². The molecule has 0 aliphatic rings. The van der Waals surface area contributed by atoms with E-state index in [1.165, 1.54) is 5.56 Å². The summed E-state index contributed by atoms with van der Waals surface area (Å²) >= 11 is 0. The second-order valence-electron chi connectivity index (χ2n) is 3.63. The van der Waals surface area contributed by atoms with E-state index in [0.717, 1.165) is 23.4 Å². The van der Waals surface area contributed by atoms with E-state index in [1.807, 2.05) is 12.1 Å². The van der Waals surface area contributed by atoms with Gasteiger partial charge in [0.05, 0.1) is 11.4 Å². The van der Waals surface area contributed by atoms with E-state index in [0.29, 0.717) is 0 Å². The van der Waals surface area contributed by atoms with Crippen LogP contribution >= 0.6 is 0 Å². The van der Waals surface area contributed by atoms with E-state index in [4.69, 9.17) is 0 Å². The average molecular weight is 198 g/mol. The van der Waals surface area contributed by atoms with E-state index in [-0.39, 0.29) is 0 Å². The molecule has 0 saturated carbocycles. The van der Waals surface area contributed by atoms with Gasteiger partial charge >= 0.3 is 0 Å². The number of aryl methyl sites for hydroxylation is 2. The highest BCUT2D eigenvalue weighted by atomic mass is 15.1. The quantitative estimate of drug-likeness (QED) is 0.741. The number of aromatic nitrogens is 2. The second kappa shape index (κ2) is 4.22. The lowest BCUT2D eigenvalue weighted by atomic mass is 10.1. The molecular weight excluding hydrogens is 184 g/mol. The Hall–Kier alpha value is -1.70. The Bertz CT molecular complexity index is 429. The maximum Gasteiger partial charge on any atom is 0.0929 e. The molecule has 0 atom stereocenters. The van der Waals surface area contributed by atoms with Gasteiger partial charge in [-0.05, 0) is 25.5 Å². The van der Waals surface area contributed by atoms with Gasteiger partial charge in [0.15, 0.2) is 0 Å². The third-order valence-electron chi connectivity index (χ3n) is 2.43. The highest BCUT2D eigenvalue weighted by molar-refractivity contribution is 5.58. The molecule has 0 bridgehead atoms. The van der Waals surface area contributed by atoms with Crippen molar-refractivity contribution in [1.82, 2.24) is 10.2 Å². The first-order valence-corrected chi connectivity index (χ1v) is 5.19. The molecule has 2 nitrogen and oxygen atoms in total. The summed E-state index contributed by atoms with van der Waals surface area (Å²) in [7, 11) is 0. The lowest BCUT2D eigenvalue weighted by molar-refractivity contribution is 0.924. The van der Waals surface area contributed by atoms with E-state index in [2.05, 4.69) is 48.3 Å². The second-order valence-corrected chi connectivity index (χ2v) is 3.63. The molecule has 1 heterocycles. The lowest BCUT2D eigenvalue weighted by Gasteiger charge is -2.01. The van der Waals surface area contributed by atoms with Crippen LogP contribution in [0.2, 0.25) is 0 Å². The summed E-state index contributed by atoms with van der Waals surface area (Å²) in [4.78, 5) is 0. The predicted molar refractivity (Wildman–Crippen MR) is 61.6 cm³/mol. The van der Waals surface area contributed by atoms with Crippen LogP contribution in [0.3, 0.4) is 0 Å². The molecule has 0 aliphatic carbocycles. The fourth-order valence-corrected chi connectivity index (χ4v) is 1.43. The van der Waals surface area contributed by atoms with Crippen LogP contribution in [0.15, 0.2) is 36.4 Å². The number of nitrogens with zero attached hydrogens (tertiary/aromatic N) is 2.